The van der Waals surface area contributed by atoms with Crippen molar-refractivity contribution < 1.29 is 9.59 Å². The first-order valence-electron chi connectivity index (χ1n) is 8.77. The number of nitrogens with one attached hydrogen (secondary N) is 2. The lowest BCUT2D eigenvalue weighted by Gasteiger charge is -2.23. The van der Waals surface area contributed by atoms with Crippen LogP contribution in [0, 0.1) is 0 Å². The summed E-state index contributed by atoms with van der Waals surface area (Å²) in [5.41, 5.74) is 1.06. The monoisotopic (exact) mass is 331 g/mol. The number of likely N-dealkylation sites (tertiary alicyclic amines) is 1. The number of amides is 2. The van der Waals surface area contributed by atoms with Crippen LogP contribution in [0.25, 0.3) is 0 Å². The van der Waals surface area contributed by atoms with Crippen LogP contribution in [-0.4, -0.2) is 41.4 Å². The van der Waals surface area contributed by atoms with Gasteiger partial charge < -0.3 is 10.6 Å². The average Bonchev–Trinajstić information content (AvgIpc) is 2.95. The number of rotatable bonds is 5. The molecule has 1 atom stereocenters. The topological polar surface area (TPSA) is 61.4 Å². The van der Waals surface area contributed by atoms with Crippen molar-refractivity contribution in [2.75, 3.05) is 18.4 Å². The molecule has 0 bridgehead atoms. The first-order valence-corrected chi connectivity index (χ1v) is 8.77. The third kappa shape index (κ3) is 5.06. The van der Waals surface area contributed by atoms with Crippen molar-refractivity contribution in [3.05, 3.63) is 29.8 Å². The molecule has 0 saturated carbocycles. The quantitative estimate of drug-likeness (QED) is 0.872. The fourth-order valence-corrected chi connectivity index (χ4v) is 3.02. The SMILES string of the molecule is CCCN1CCC[C@H]1C(=O)Nc1ccc(C(=O)NC(C)(C)C)cc1. The molecule has 1 aromatic carbocycles. The Hall–Kier alpha value is -1.88. The average molecular weight is 331 g/mol. The minimum atomic E-state index is -0.269. The Morgan fingerprint density at radius 2 is 1.88 bits per heavy atom. The van der Waals surface area contributed by atoms with Gasteiger partial charge in [0.05, 0.1) is 6.04 Å². The van der Waals surface area contributed by atoms with Crippen LogP contribution in [0.3, 0.4) is 0 Å². The fraction of sp³-hybridized carbons (Fsp3) is 0.579. The van der Waals surface area contributed by atoms with Crippen LogP contribution in [0.4, 0.5) is 5.69 Å². The Morgan fingerprint density at radius 3 is 2.46 bits per heavy atom. The minimum Gasteiger partial charge on any atom is -0.347 e. The van der Waals surface area contributed by atoms with Crippen molar-refractivity contribution >= 4 is 17.5 Å². The summed E-state index contributed by atoms with van der Waals surface area (Å²) >= 11 is 0. The molecule has 1 fully saturated rings. The third-order valence-corrected chi connectivity index (χ3v) is 4.08. The van der Waals surface area contributed by atoms with E-state index in [-0.39, 0.29) is 23.4 Å². The first-order chi connectivity index (χ1) is 11.3. The number of hydrogen-bond donors (Lipinski definition) is 2. The molecule has 5 nitrogen and oxygen atoms in total. The van der Waals surface area contributed by atoms with E-state index < -0.39 is 0 Å². The van der Waals surface area contributed by atoms with E-state index in [1.54, 1.807) is 24.3 Å². The highest BCUT2D eigenvalue weighted by Gasteiger charge is 2.29. The summed E-state index contributed by atoms with van der Waals surface area (Å²) in [7, 11) is 0. The molecular formula is C19H29N3O2. The molecule has 1 saturated heterocycles. The van der Waals surface area contributed by atoms with Gasteiger partial charge in [-0.25, -0.2) is 0 Å². The van der Waals surface area contributed by atoms with Crippen molar-refractivity contribution in [2.45, 2.75) is 58.5 Å². The Bertz CT molecular complexity index is 575. The van der Waals surface area contributed by atoms with Gasteiger partial charge in [-0.1, -0.05) is 6.92 Å². The largest absolute Gasteiger partial charge is 0.347 e. The summed E-state index contributed by atoms with van der Waals surface area (Å²) in [5, 5.41) is 5.90. The lowest BCUT2D eigenvalue weighted by molar-refractivity contribution is -0.120. The summed E-state index contributed by atoms with van der Waals surface area (Å²) in [6, 6.07) is 7.03. The van der Waals surface area contributed by atoms with Crippen LogP contribution >= 0.6 is 0 Å². The van der Waals surface area contributed by atoms with E-state index in [0.717, 1.165) is 38.0 Å². The van der Waals surface area contributed by atoms with Crippen LogP contribution in [0.2, 0.25) is 0 Å². The molecule has 5 heteroatoms. The maximum atomic E-state index is 12.5. The van der Waals surface area contributed by atoms with Crippen molar-refractivity contribution in [1.82, 2.24) is 10.2 Å². The zero-order chi connectivity index (χ0) is 17.7. The molecule has 0 spiro atoms. The number of carbonyl (C=O) groups excluding carboxylic acids is 2. The normalized spacial score (nSPS) is 18.4. The molecule has 0 radical (unpaired) electrons. The lowest BCUT2D eigenvalue weighted by atomic mass is 10.1. The number of nitrogens with zero attached hydrogens (tertiary/aromatic N) is 1. The summed E-state index contributed by atoms with van der Waals surface area (Å²) in [4.78, 5) is 26.8. The number of anilines is 1. The second-order valence-electron chi connectivity index (χ2n) is 7.46. The molecule has 2 rings (SSSR count). The van der Waals surface area contributed by atoms with Gasteiger partial charge in [0, 0.05) is 16.8 Å². The first kappa shape index (κ1) is 18.5. The molecule has 2 amide bonds. The number of hydrogen-bond acceptors (Lipinski definition) is 3. The smallest absolute Gasteiger partial charge is 0.251 e. The van der Waals surface area contributed by atoms with Gasteiger partial charge in [0.2, 0.25) is 5.91 Å². The maximum Gasteiger partial charge on any atom is 0.251 e. The van der Waals surface area contributed by atoms with Gasteiger partial charge in [0.15, 0.2) is 0 Å². The van der Waals surface area contributed by atoms with E-state index in [2.05, 4.69) is 22.5 Å². The highest BCUT2D eigenvalue weighted by atomic mass is 16.2. The van der Waals surface area contributed by atoms with Gasteiger partial charge in [0.1, 0.15) is 0 Å². The van der Waals surface area contributed by atoms with Crippen LogP contribution in [0.5, 0.6) is 0 Å². The summed E-state index contributed by atoms with van der Waals surface area (Å²) in [6.07, 6.45) is 3.04. The van der Waals surface area contributed by atoms with Crippen molar-refractivity contribution in [2.24, 2.45) is 0 Å². The molecule has 0 aliphatic carbocycles. The van der Waals surface area contributed by atoms with E-state index in [4.69, 9.17) is 0 Å². The molecule has 1 heterocycles. The van der Waals surface area contributed by atoms with E-state index in [0.29, 0.717) is 5.56 Å². The molecule has 2 N–H and O–H groups in total. The van der Waals surface area contributed by atoms with Gasteiger partial charge in [-0.3, -0.25) is 14.5 Å². The van der Waals surface area contributed by atoms with E-state index >= 15 is 0 Å². The molecule has 0 aromatic heterocycles. The van der Waals surface area contributed by atoms with Crippen molar-refractivity contribution in [3.8, 4) is 0 Å². The Kier molecular flexibility index (Phi) is 5.99. The van der Waals surface area contributed by atoms with Gasteiger partial charge in [-0.05, 0) is 77.4 Å². The van der Waals surface area contributed by atoms with Gasteiger partial charge in [-0.2, -0.15) is 0 Å². The zero-order valence-corrected chi connectivity index (χ0v) is 15.2. The summed E-state index contributed by atoms with van der Waals surface area (Å²) < 4.78 is 0. The second kappa shape index (κ2) is 7.79. The van der Waals surface area contributed by atoms with E-state index in [1.165, 1.54) is 0 Å². The Morgan fingerprint density at radius 1 is 1.21 bits per heavy atom. The molecule has 24 heavy (non-hydrogen) atoms. The predicted octanol–water partition coefficient (Wildman–Crippen LogP) is 3.03. The minimum absolute atomic E-state index is 0.0335. The number of carbonyl (C=O) groups is 2. The van der Waals surface area contributed by atoms with Gasteiger partial charge >= 0.3 is 0 Å². The maximum absolute atomic E-state index is 12.5. The number of benzene rings is 1. The summed E-state index contributed by atoms with van der Waals surface area (Å²) in [5.74, 6) is -0.0573. The summed E-state index contributed by atoms with van der Waals surface area (Å²) in [6.45, 7) is 9.94. The highest BCUT2D eigenvalue weighted by molar-refractivity contribution is 5.97. The lowest BCUT2D eigenvalue weighted by Crippen LogP contribution is -2.40. The molecule has 132 valence electrons. The highest BCUT2D eigenvalue weighted by Crippen LogP contribution is 2.19. The fourth-order valence-electron chi connectivity index (χ4n) is 3.02. The van der Waals surface area contributed by atoms with E-state index in [1.807, 2.05) is 20.8 Å². The Balaban J connectivity index is 1.96. The zero-order valence-electron chi connectivity index (χ0n) is 15.2. The molecule has 1 aliphatic heterocycles. The predicted molar refractivity (Wildman–Crippen MR) is 97.2 cm³/mol. The Labute approximate surface area is 144 Å². The van der Waals surface area contributed by atoms with Crippen molar-refractivity contribution in [3.63, 3.8) is 0 Å². The molecule has 1 aliphatic rings. The van der Waals surface area contributed by atoms with Crippen molar-refractivity contribution in [1.29, 1.82) is 0 Å². The van der Waals surface area contributed by atoms with Crippen LogP contribution < -0.4 is 10.6 Å². The van der Waals surface area contributed by atoms with Gasteiger partial charge in [0.25, 0.3) is 5.91 Å². The van der Waals surface area contributed by atoms with E-state index in [9.17, 15) is 9.59 Å². The molecular weight excluding hydrogens is 302 g/mol. The van der Waals surface area contributed by atoms with Crippen LogP contribution in [0.1, 0.15) is 57.3 Å². The van der Waals surface area contributed by atoms with Crippen LogP contribution in [-0.2, 0) is 4.79 Å². The van der Waals surface area contributed by atoms with Gasteiger partial charge in [-0.15, -0.1) is 0 Å². The van der Waals surface area contributed by atoms with Crippen LogP contribution in [0.15, 0.2) is 24.3 Å². The molecule has 0 unspecified atom stereocenters. The second-order valence-corrected chi connectivity index (χ2v) is 7.46. The molecule has 1 aromatic rings. The standard InChI is InChI=1S/C19H29N3O2/c1-5-12-22-13-6-7-16(22)18(24)20-15-10-8-14(9-11-15)17(23)21-19(2,3)4/h8-11,16H,5-7,12-13H2,1-4H3,(H,20,24)(H,21,23)/t16-/m0/s1. The third-order valence-electron chi connectivity index (χ3n) is 4.08.